The van der Waals surface area contributed by atoms with E-state index in [1.54, 1.807) is 65.0 Å². The fourth-order valence-corrected chi connectivity index (χ4v) is 2.42. The molecule has 0 saturated heterocycles. The molecule has 0 saturated carbocycles. The van der Waals surface area contributed by atoms with Crippen LogP contribution in [0.2, 0.25) is 0 Å². The summed E-state index contributed by atoms with van der Waals surface area (Å²) in [6.45, 7) is 16.6. The predicted octanol–water partition coefficient (Wildman–Crippen LogP) is 4.34. The number of hydrogen-bond acceptors (Lipinski definition) is 6. The molecule has 0 radical (unpaired) electrons. The molecule has 0 aromatic rings. The first-order chi connectivity index (χ1) is 14.2. The molecule has 3 atom stereocenters. The van der Waals surface area contributed by atoms with Gasteiger partial charge in [0.1, 0.15) is 6.10 Å². The lowest BCUT2D eigenvalue weighted by Crippen LogP contribution is -2.49. The summed E-state index contributed by atoms with van der Waals surface area (Å²) >= 11 is 0. The predicted molar refractivity (Wildman–Crippen MR) is 123 cm³/mol. The summed E-state index contributed by atoms with van der Waals surface area (Å²) in [4.78, 5) is 24.9. The third-order valence-corrected chi connectivity index (χ3v) is 4.79. The number of carbonyl (C=O) groups is 2. The lowest BCUT2D eigenvalue weighted by molar-refractivity contribution is -0.182. The minimum atomic E-state index is -1.47. The Kier molecular flexibility index (Phi) is 11.4. The molecule has 0 amide bonds. The lowest BCUT2D eigenvalue weighted by atomic mass is 9.92. The zero-order valence-corrected chi connectivity index (χ0v) is 20.1. The molecule has 0 aliphatic heterocycles. The molecule has 0 rings (SSSR count). The maximum absolute atomic E-state index is 12.5. The van der Waals surface area contributed by atoms with Crippen molar-refractivity contribution in [3.8, 4) is 0 Å². The molecule has 2 N–H and O–H groups in total. The monoisotopic (exact) mass is 434 g/mol. The van der Waals surface area contributed by atoms with Crippen LogP contribution >= 0.6 is 0 Å². The molecular formula is C25H38O6. The molecule has 0 fully saturated rings. The Hall–Kier alpha value is -2.44. The van der Waals surface area contributed by atoms with Crippen LogP contribution in [0.15, 0.2) is 59.8 Å². The van der Waals surface area contributed by atoms with E-state index in [0.29, 0.717) is 11.1 Å². The molecule has 174 valence electrons. The Morgan fingerprint density at radius 2 is 1.45 bits per heavy atom. The van der Waals surface area contributed by atoms with Crippen LogP contribution < -0.4 is 0 Å². The van der Waals surface area contributed by atoms with Gasteiger partial charge >= 0.3 is 11.9 Å². The third kappa shape index (κ3) is 10.4. The smallest absolute Gasteiger partial charge is 0.333 e. The van der Waals surface area contributed by atoms with Crippen LogP contribution in [-0.2, 0) is 19.1 Å². The van der Waals surface area contributed by atoms with Crippen LogP contribution in [-0.4, -0.2) is 45.6 Å². The fourth-order valence-electron chi connectivity index (χ4n) is 2.42. The van der Waals surface area contributed by atoms with Gasteiger partial charge in [-0.1, -0.05) is 42.5 Å². The largest absolute Gasteiger partial charge is 0.455 e. The van der Waals surface area contributed by atoms with Gasteiger partial charge < -0.3 is 19.7 Å². The number of hydrogen-bond donors (Lipinski definition) is 2. The van der Waals surface area contributed by atoms with Crippen LogP contribution in [0, 0.1) is 0 Å². The van der Waals surface area contributed by atoms with E-state index in [1.165, 1.54) is 19.9 Å². The second-order valence-corrected chi connectivity index (χ2v) is 8.37. The molecule has 31 heavy (non-hydrogen) atoms. The Morgan fingerprint density at radius 3 is 1.87 bits per heavy atom. The maximum atomic E-state index is 12.5. The number of carbonyl (C=O) groups excluding carboxylic acids is 2. The molecule has 0 heterocycles. The van der Waals surface area contributed by atoms with Gasteiger partial charge in [-0.05, 0) is 61.5 Å². The summed E-state index contributed by atoms with van der Waals surface area (Å²) in [7, 11) is 0. The molecule has 0 aromatic heterocycles. The van der Waals surface area contributed by atoms with Gasteiger partial charge in [-0.3, -0.25) is 0 Å². The average molecular weight is 435 g/mol. The van der Waals surface area contributed by atoms with Gasteiger partial charge in [0.05, 0.1) is 11.2 Å². The Morgan fingerprint density at radius 1 is 0.968 bits per heavy atom. The van der Waals surface area contributed by atoms with Crippen LogP contribution in [0.5, 0.6) is 0 Å². The highest BCUT2D eigenvalue weighted by molar-refractivity contribution is 5.88. The van der Waals surface area contributed by atoms with E-state index in [1.807, 2.05) is 6.92 Å². The van der Waals surface area contributed by atoms with E-state index in [4.69, 9.17) is 9.47 Å². The third-order valence-electron chi connectivity index (χ3n) is 4.79. The average Bonchev–Trinajstić information content (AvgIpc) is 2.68. The minimum absolute atomic E-state index is 0.208. The standard InChI is InChI=1S/C25H38O6/c1-10-18(5)22(26)30-20(16-17(4)14-13-15-25(9,29)12-3)21(24(7,8)28)31-23(27)19(6)11-2/h10-15,20-21,28-29H,3,16H2,1-2,4-9H3/b15-13+,17-14+,18-10-,19-11+/t20-,21+,25-/m0/s1. The Labute approximate surface area is 186 Å². The van der Waals surface area contributed by atoms with Gasteiger partial charge in [-0.2, -0.15) is 0 Å². The van der Waals surface area contributed by atoms with E-state index >= 15 is 0 Å². The van der Waals surface area contributed by atoms with Crippen molar-refractivity contribution < 1.29 is 29.3 Å². The van der Waals surface area contributed by atoms with E-state index in [-0.39, 0.29) is 6.42 Å². The molecule has 0 bridgehead atoms. The highest BCUT2D eigenvalue weighted by atomic mass is 16.6. The highest BCUT2D eigenvalue weighted by Crippen LogP contribution is 2.25. The normalized spacial score (nSPS) is 17.7. The maximum Gasteiger partial charge on any atom is 0.333 e. The fraction of sp³-hybridized carbons (Fsp3) is 0.520. The van der Waals surface area contributed by atoms with E-state index < -0.39 is 35.3 Å². The molecule has 0 spiro atoms. The molecule has 0 unspecified atom stereocenters. The van der Waals surface area contributed by atoms with Crippen LogP contribution in [0.3, 0.4) is 0 Å². The lowest BCUT2D eigenvalue weighted by Gasteiger charge is -2.35. The first-order valence-electron chi connectivity index (χ1n) is 10.3. The summed E-state index contributed by atoms with van der Waals surface area (Å²) in [5.41, 5.74) is -1.05. The van der Waals surface area contributed by atoms with Gasteiger partial charge in [0, 0.05) is 17.6 Å². The number of esters is 2. The number of rotatable bonds is 11. The molecular weight excluding hydrogens is 396 g/mol. The van der Waals surface area contributed by atoms with Crippen molar-refractivity contribution in [2.45, 2.75) is 85.2 Å². The van der Waals surface area contributed by atoms with E-state index in [2.05, 4.69) is 6.58 Å². The summed E-state index contributed by atoms with van der Waals surface area (Å²) in [6.07, 6.45) is 7.80. The zero-order chi connectivity index (χ0) is 24.4. The van der Waals surface area contributed by atoms with Gasteiger partial charge in [0.25, 0.3) is 0 Å². The van der Waals surface area contributed by atoms with Crippen molar-refractivity contribution in [1.82, 2.24) is 0 Å². The van der Waals surface area contributed by atoms with Gasteiger partial charge in [-0.15, -0.1) is 0 Å². The minimum Gasteiger partial charge on any atom is -0.455 e. The van der Waals surface area contributed by atoms with Crippen molar-refractivity contribution >= 4 is 11.9 Å². The van der Waals surface area contributed by atoms with Crippen LogP contribution in [0.4, 0.5) is 0 Å². The summed E-state index contributed by atoms with van der Waals surface area (Å²) < 4.78 is 11.2. The summed E-state index contributed by atoms with van der Waals surface area (Å²) in [5, 5.41) is 20.7. The highest BCUT2D eigenvalue weighted by Gasteiger charge is 2.40. The van der Waals surface area contributed by atoms with E-state index in [0.717, 1.165) is 5.57 Å². The molecule has 0 aliphatic carbocycles. The number of ether oxygens (including phenoxy) is 2. The quantitative estimate of drug-likeness (QED) is 0.217. The van der Waals surface area contributed by atoms with Gasteiger partial charge in [0.2, 0.25) is 0 Å². The topological polar surface area (TPSA) is 93.1 Å². The second-order valence-electron chi connectivity index (χ2n) is 8.37. The van der Waals surface area contributed by atoms with Crippen LogP contribution in [0.1, 0.15) is 61.8 Å². The Bertz CT molecular complexity index is 759. The number of allylic oxidation sites excluding steroid dienone is 4. The summed E-state index contributed by atoms with van der Waals surface area (Å²) in [5.74, 6) is -1.15. The summed E-state index contributed by atoms with van der Waals surface area (Å²) in [6, 6.07) is 0. The SMILES string of the molecule is C=C[C@](C)(O)/C=C/C=C(\C)C[C@H](OC(=O)/C(C)=C\C)[C@@H](OC(=O)/C(C)=C/C)C(C)(C)O. The molecule has 0 aromatic carbocycles. The first kappa shape index (κ1) is 28.6. The zero-order valence-electron chi connectivity index (χ0n) is 20.1. The van der Waals surface area contributed by atoms with E-state index in [9.17, 15) is 19.8 Å². The Balaban J connectivity index is 6.00. The molecule has 6 nitrogen and oxygen atoms in total. The van der Waals surface area contributed by atoms with Crippen molar-refractivity contribution in [2.24, 2.45) is 0 Å². The molecule has 6 heteroatoms. The van der Waals surface area contributed by atoms with Crippen molar-refractivity contribution in [3.05, 3.63) is 59.8 Å². The first-order valence-corrected chi connectivity index (χ1v) is 10.3. The van der Waals surface area contributed by atoms with Crippen LogP contribution in [0.25, 0.3) is 0 Å². The van der Waals surface area contributed by atoms with Crippen molar-refractivity contribution in [2.75, 3.05) is 0 Å². The van der Waals surface area contributed by atoms with Gasteiger partial charge in [-0.25, -0.2) is 9.59 Å². The van der Waals surface area contributed by atoms with Gasteiger partial charge in [0.15, 0.2) is 6.10 Å². The van der Waals surface area contributed by atoms with Crippen molar-refractivity contribution in [1.29, 1.82) is 0 Å². The number of aliphatic hydroxyl groups is 2. The second kappa shape index (κ2) is 12.4. The molecule has 0 aliphatic rings. The van der Waals surface area contributed by atoms with Crippen molar-refractivity contribution in [3.63, 3.8) is 0 Å².